The van der Waals surface area contributed by atoms with Crippen LogP contribution in [0.2, 0.25) is 0 Å². The Balaban J connectivity index is 2.64. The predicted molar refractivity (Wildman–Crippen MR) is 81.7 cm³/mol. The molecule has 1 unspecified atom stereocenters. The summed E-state index contributed by atoms with van der Waals surface area (Å²) >= 11 is 0. The molecule has 114 valence electrons. The molecule has 0 spiro atoms. The minimum absolute atomic E-state index is 0.0167. The first-order chi connectivity index (χ1) is 9.92. The number of carbonyl (C=O) groups excluding carboxylic acids is 1. The fourth-order valence-corrected chi connectivity index (χ4v) is 1.75. The van der Waals surface area contributed by atoms with Crippen molar-refractivity contribution in [3.05, 3.63) is 29.8 Å². The number of carbonyl (C=O) groups is 1. The van der Waals surface area contributed by atoms with Crippen LogP contribution in [0, 0.1) is 17.2 Å². The second kappa shape index (κ2) is 7.65. The van der Waals surface area contributed by atoms with E-state index in [0.717, 1.165) is 5.56 Å². The van der Waals surface area contributed by atoms with Crippen molar-refractivity contribution < 1.29 is 9.53 Å². The quantitative estimate of drug-likeness (QED) is 0.803. The fourth-order valence-electron chi connectivity index (χ4n) is 1.75. The van der Waals surface area contributed by atoms with E-state index in [1.54, 1.807) is 6.92 Å². The Bertz CT molecular complexity index is 522. The normalized spacial score (nSPS) is 13.3. The topological polar surface area (TPSA) is 74.2 Å². The molecule has 1 aromatic carbocycles. The van der Waals surface area contributed by atoms with Crippen molar-refractivity contribution in [2.24, 2.45) is 5.92 Å². The molecular weight excluding hydrogens is 266 g/mol. The van der Waals surface area contributed by atoms with Gasteiger partial charge in [0.15, 0.2) is 6.61 Å². The van der Waals surface area contributed by atoms with Gasteiger partial charge in [0.05, 0.1) is 6.07 Å². The van der Waals surface area contributed by atoms with E-state index in [-0.39, 0.29) is 18.4 Å². The minimum Gasteiger partial charge on any atom is -0.483 e. The molecule has 2 N–H and O–H groups in total. The van der Waals surface area contributed by atoms with E-state index in [1.165, 1.54) is 0 Å². The molecule has 0 aliphatic rings. The SMILES string of the molecule is CNCc1ccccc1OCC(=O)NC(C)(C#N)C(C)C. The van der Waals surface area contributed by atoms with E-state index in [1.807, 2.05) is 45.2 Å². The Kier molecular flexibility index (Phi) is 6.19. The molecule has 5 nitrogen and oxygen atoms in total. The molecule has 0 saturated heterocycles. The summed E-state index contributed by atoms with van der Waals surface area (Å²) in [5.74, 6) is 0.389. The molecule has 0 aliphatic heterocycles. The van der Waals surface area contributed by atoms with Crippen LogP contribution < -0.4 is 15.4 Å². The number of nitrogens with one attached hydrogen (secondary N) is 2. The first-order valence-electron chi connectivity index (χ1n) is 7.00. The summed E-state index contributed by atoms with van der Waals surface area (Å²) in [7, 11) is 1.85. The van der Waals surface area contributed by atoms with Gasteiger partial charge < -0.3 is 15.4 Å². The average molecular weight is 289 g/mol. The summed E-state index contributed by atoms with van der Waals surface area (Å²) in [5.41, 5.74) is 0.102. The molecule has 5 heteroatoms. The molecule has 0 aliphatic carbocycles. The van der Waals surface area contributed by atoms with Crippen LogP contribution in [0.3, 0.4) is 0 Å². The summed E-state index contributed by atoms with van der Waals surface area (Å²) < 4.78 is 5.56. The molecule has 21 heavy (non-hydrogen) atoms. The first-order valence-corrected chi connectivity index (χ1v) is 7.00. The number of benzene rings is 1. The van der Waals surface area contributed by atoms with Gasteiger partial charge in [-0.15, -0.1) is 0 Å². The molecular formula is C16H23N3O2. The maximum absolute atomic E-state index is 12.0. The zero-order valence-electron chi connectivity index (χ0n) is 13.1. The Morgan fingerprint density at radius 1 is 1.43 bits per heavy atom. The van der Waals surface area contributed by atoms with Gasteiger partial charge in [0.2, 0.25) is 0 Å². The van der Waals surface area contributed by atoms with E-state index in [2.05, 4.69) is 16.7 Å². The van der Waals surface area contributed by atoms with E-state index < -0.39 is 5.54 Å². The van der Waals surface area contributed by atoms with Crippen molar-refractivity contribution in [2.45, 2.75) is 32.9 Å². The van der Waals surface area contributed by atoms with Crippen LogP contribution in [0.15, 0.2) is 24.3 Å². The lowest BCUT2D eigenvalue weighted by Gasteiger charge is -2.27. The molecule has 1 amide bonds. The number of amides is 1. The maximum Gasteiger partial charge on any atom is 0.259 e. The van der Waals surface area contributed by atoms with E-state index in [4.69, 9.17) is 4.74 Å². The van der Waals surface area contributed by atoms with Gasteiger partial charge in [0.25, 0.3) is 5.91 Å². The molecule has 1 atom stereocenters. The largest absolute Gasteiger partial charge is 0.483 e. The van der Waals surface area contributed by atoms with Crippen LogP contribution in [0.25, 0.3) is 0 Å². The number of hydrogen-bond acceptors (Lipinski definition) is 4. The molecule has 0 bridgehead atoms. The summed E-state index contributed by atoms with van der Waals surface area (Å²) in [4.78, 5) is 12.0. The molecule has 0 fully saturated rings. The average Bonchev–Trinajstić information content (AvgIpc) is 2.46. The van der Waals surface area contributed by atoms with Gasteiger partial charge in [-0.1, -0.05) is 32.0 Å². The number of ether oxygens (including phenoxy) is 1. The second-order valence-electron chi connectivity index (χ2n) is 5.44. The van der Waals surface area contributed by atoms with Gasteiger partial charge >= 0.3 is 0 Å². The Labute approximate surface area is 126 Å². The van der Waals surface area contributed by atoms with Gasteiger partial charge in [-0.2, -0.15) is 5.26 Å². The standard InChI is InChI=1S/C16H23N3O2/c1-12(2)16(3,11-17)19-15(20)10-21-14-8-6-5-7-13(14)9-18-4/h5-8,12,18H,9-10H2,1-4H3,(H,19,20). The molecule has 1 rings (SSSR count). The van der Waals surface area contributed by atoms with Gasteiger partial charge in [0.1, 0.15) is 11.3 Å². The lowest BCUT2D eigenvalue weighted by atomic mass is 9.90. The predicted octanol–water partition coefficient (Wildman–Crippen LogP) is 1.84. The van der Waals surface area contributed by atoms with Crippen LogP contribution in [0.1, 0.15) is 26.3 Å². The molecule has 0 heterocycles. The number of para-hydroxylation sites is 1. The summed E-state index contributed by atoms with van der Waals surface area (Å²) in [6.45, 7) is 6.06. The highest BCUT2D eigenvalue weighted by Gasteiger charge is 2.30. The molecule has 0 radical (unpaired) electrons. The van der Waals surface area contributed by atoms with Gasteiger partial charge in [0, 0.05) is 12.1 Å². The van der Waals surface area contributed by atoms with Crippen molar-refractivity contribution in [1.82, 2.24) is 10.6 Å². The number of hydrogen-bond donors (Lipinski definition) is 2. The molecule has 0 aromatic heterocycles. The highest BCUT2D eigenvalue weighted by molar-refractivity contribution is 5.78. The molecule has 0 saturated carbocycles. The highest BCUT2D eigenvalue weighted by atomic mass is 16.5. The van der Waals surface area contributed by atoms with Crippen LogP contribution >= 0.6 is 0 Å². The van der Waals surface area contributed by atoms with Crippen molar-refractivity contribution in [3.63, 3.8) is 0 Å². The van der Waals surface area contributed by atoms with Crippen molar-refractivity contribution in [1.29, 1.82) is 5.26 Å². The van der Waals surface area contributed by atoms with Crippen molar-refractivity contribution >= 4 is 5.91 Å². The number of nitrogens with zero attached hydrogens (tertiary/aromatic N) is 1. The third-order valence-electron chi connectivity index (χ3n) is 3.48. The summed E-state index contributed by atoms with van der Waals surface area (Å²) in [5, 5.41) is 15.0. The van der Waals surface area contributed by atoms with Crippen LogP contribution in [0.4, 0.5) is 0 Å². The number of nitriles is 1. The minimum atomic E-state index is -0.884. The highest BCUT2D eigenvalue weighted by Crippen LogP contribution is 2.18. The summed E-state index contributed by atoms with van der Waals surface area (Å²) in [6.07, 6.45) is 0. The van der Waals surface area contributed by atoms with E-state index in [9.17, 15) is 10.1 Å². The zero-order chi connectivity index (χ0) is 15.9. The van der Waals surface area contributed by atoms with Gasteiger partial charge in [-0.05, 0) is 26.0 Å². The Morgan fingerprint density at radius 2 is 2.10 bits per heavy atom. The van der Waals surface area contributed by atoms with Gasteiger partial charge in [-0.25, -0.2) is 0 Å². The van der Waals surface area contributed by atoms with Gasteiger partial charge in [-0.3, -0.25) is 4.79 Å². The monoisotopic (exact) mass is 289 g/mol. The van der Waals surface area contributed by atoms with E-state index in [0.29, 0.717) is 12.3 Å². The maximum atomic E-state index is 12.0. The lowest BCUT2D eigenvalue weighted by molar-refractivity contribution is -0.124. The smallest absolute Gasteiger partial charge is 0.259 e. The zero-order valence-corrected chi connectivity index (χ0v) is 13.1. The molecule has 1 aromatic rings. The van der Waals surface area contributed by atoms with Crippen molar-refractivity contribution in [3.8, 4) is 11.8 Å². The fraction of sp³-hybridized carbons (Fsp3) is 0.500. The third kappa shape index (κ3) is 4.76. The van der Waals surface area contributed by atoms with Crippen LogP contribution in [0.5, 0.6) is 5.75 Å². The Morgan fingerprint density at radius 3 is 2.67 bits per heavy atom. The lowest BCUT2D eigenvalue weighted by Crippen LogP contribution is -2.50. The van der Waals surface area contributed by atoms with Crippen LogP contribution in [-0.2, 0) is 11.3 Å². The van der Waals surface area contributed by atoms with E-state index >= 15 is 0 Å². The summed E-state index contributed by atoms with van der Waals surface area (Å²) in [6, 6.07) is 9.69. The third-order valence-corrected chi connectivity index (χ3v) is 3.48. The first kappa shape index (κ1) is 17.0. The van der Waals surface area contributed by atoms with Crippen LogP contribution in [-0.4, -0.2) is 25.1 Å². The number of rotatable bonds is 7. The second-order valence-corrected chi connectivity index (χ2v) is 5.44. The Hall–Kier alpha value is -2.06. The van der Waals surface area contributed by atoms with Crippen molar-refractivity contribution in [2.75, 3.05) is 13.7 Å².